The molecule has 0 aliphatic carbocycles. The predicted molar refractivity (Wildman–Crippen MR) is 62.9 cm³/mol. The van der Waals surface area contributed by atoms with E-state index in [1.165, 1.54) is 14.2 Å². The molecule has 0 unspecified atom stereocenters. The van der Waals surface area contributed by atoms with Crippen molar-refractivity contribution in [3.05, 3.63) is 34.8 Å². The highest BCUT2D eigenvalue weighted by Gasteiger charge is 2.14. The molecule has 17 heavy (non-hydrogen) atoms. The van der Waals surface area contributed by atoms with Crippen LogP contribution in [0.2, 0.25) is 0 Å². The van der Waals surface area contributed by atoms with Gasteiger partial charge in [-0.15, -0.1) is 5.10 Å². The van der Waals surface area contributed by atoms with Gasteiger partial charge in [-0.3, -0.25) is 4.79 Å². The van der Waals surface area contributed by atoms with E-state index >= 15 is 0 Å². The molecule has 0 N–H and O–H groups in total. The van der Waals surface area contributed by atoms with Crippen LogP contribution in [0.1, 0.15) is 16.1 Å². The number of carbonyl (C=O) groups is 1. The molecule has 2 aromatic rings. The fraction of sp³-hybridized carbons (Fsp3) is 0.182. The maximum Gasteiger partial charge on any atom is 0.214 e. The SMILES string of the molecule is COc1cc(OC)cc(C(=O)c2csnn2)c1. The quantitative estimate of drug-likeness (QED) is 0.774. The Bertz CT molecular complexity index is 503. The highest BCUT2D eigenvalue weighted by Crippen LogP contribution is 2.23. The summed E-state index contributed by atoms with van der Waals surface area (Å²) in [5, 5.41) is 5.35. The van der Waals surface area contributed by atoms with Crippen LogP contribution in [0.3, 0.4) is 0 Å². The second kappa shape index (κ2) is 4.92. The monoisotopic (exact) mass is 250 g/mol. The normalized spacial score (nSPS) is 10.0. The lowest BCUT2D eigenvalue weighted by Crippen LogP contribution is -2.03. The second-order valence-electron chi connectivity index (χ2n) is 3.22. The van der Waals surface area contributed by atoms with Gasteiger partial charge in [0.2, 0.25) is 5.78 Å². The lowest BCUT2D eigenvalue weighted by molar-refractivity contribution is 0.103. The molecule has 6 heteroatoms. The molecule has 5 nitrogen and oxygen atoms in total. The fourth-order valence-electron chi connectivity index (χ4n) is 1.35. The van der Waals surface area contributed by atoms with Crippen LogP contribution in [-0.2, 0) is 0 Å². The van der Waals surface area contributed by atoms with Gasteiger partial charge < -0.3 is 9.47 Å². The van der Waals surface area contributed by atoms with Gasteiger partial charge in [-0.1, -0.05) is 4.49 Å². The molecule has 1 aromatic carbocycles. The first kappa shape index (κ1) is 11.5. The summed E-state index contributed by atoms with van der Waals surface area (Å²) in [6, 6.07) is 4.99. The highest BCUT2D eigenvalue weighted by atomic mass is 32.1. The standard InChI is InChI=1S/C11H10N2O3S/c1-15-8-3-7(4-9(5-8)16-2)11(14)10-6-17-13-12-10/h3-6H,1-2H3. The second-order valence-corrected chi connectivity index (χ2v) is 3.83. The Labute approximate surface area is 102 Å². The molecule has 2 rings (SSSR count). The minimum Gasteiger partial charge on any atom is -0.497 e. The number of carbonyl (C=O) groups excluding carboxylic acids is 1. The smallest absolute Gasteiger partial charge is 0.214 e. The predicted octanol–water partition coefficient (Wildman–Crippen LogP) is 1.79. The molecule has 0 fully saturated rings. The fourth-order valence-corrected chi connectivity index (χ4v) is 1.79. The molecule has 0 aliphatic heterocycles. The summed E-state index contributed by atoms with van der Waals surface area (Å²) in [5.74, 6) is 0.933. The maximum atomic E-state index is 12.0. The van der Waals surface area contributed by atoms with E-state index in [2.05, 4.69) is 9.59 Å². The lowest BCUT2D eigenvalue weighted by atomic mass is 10.1. The molecule has 0 saturated carbocycles. The zero-order chi connectivity index (χ0) is 12.3. The van der Waals surface area contributed by atoms with E-state index in [9.17, 15) is 4.79 Å². The van der Waals surface area contributed by atoms with Crippen molar-refractivity contribution >= 4 is 17.3 Å². The minimum atomic E-state index is -0.198. The summed E-state index contributed by atoms with van der Waals surface area (Å²) < 4.78 is 13.9. The van der Waals surface area contributed by atoms with Crippen LogP contribution in [0, 0.1) is 0 Å². The first-order chi connectivity index (χ1) is 8.24. The third-order valence-electron chi connectivity index (χ3n) is 2.21. The van der Waals surface area contributed by atoms with Gasteiger partial charge in [0.25, 0.3) is 0 Å². The van der Waals surface area contributed by atoms with Gasteiger partial charge in [-0.2, -0.15) is 0 Å². The van der Waals surface area contributed by atoms with Crippen molar-refractivity contribution in [1.29, 1.82) is 0 Å². The third kappa shape index (κ3) is 2.42. The molecule has 0 bridgehead atoms. The van der Waals surface area contributed by atoms with Crippen LogP contribution < -0.4 is 9.47 Å². The Morgan fingerprint density at radius 2 is 1.82 bits per heavy atom. The Hall–Kier alpha value is -1.95. The Morgan fingerprint density at radius 3 is 2.29 bits per heavy atom. The van der Waals surface area contributed by atoms with Crippen LogP contribution in [-0.4, -0.2) is 29.6 Å². The highest BCUT2D eigenvalue weighted by molar-refractivity contribution is 7.03. The van der Waals surface area contributed by atoms with Gasteiger partial charge in [-0.05, 0) is 23.7 Å². The number of aromatic nitrogens is 2. The summed E-state index contributed by atoms with van der Waals surface area (Å²) >= 11 is 1.14. The zero-order valence-corrected chi connectivity index (χ0v) is 10.2. The van der Waals surface area contributed by atoms with E-state index in [0.717, 1.165) is 11.5 Å². The summed E-state index contributed by atoms with van der Waals surface area (Å²) in [4.78, 5) is 12.0. The van der Waals surface area contributed by atoms with Crippen LogP contribution in [0.25, 0.3) is 0 Å². The third-order valence-corrected chi connectivity index (χ3v) is 2.71. The van der Waals surface area contributed by atoms with Crippen molar-refractivity contribution in [2.45, 2.75) is 0 Å². The number of ether oxygens (including phenoxy) is 2. The van der Waals surface area contributed by atoms with Crippen LogP contribution in [0.15, 0.2) is 23.6 Å². The van der Waals surface area contributed by atoms with Gasteiger partial charge >= 0.3 is 0 Å². The summed E-state index contributed by atoms with van der Waals surface area (Å²) in [6.07, 6.45) is 0. The molecule has 0 spiro atoms. The van der Waals surface area contributed by atoms with E-state index in [1.54, 1.807) is 23.6 Å². The maximum absolute atomic E-state index is 12.0. The van der Waals surface area contributed by atoms with Crippen LogP contribution in [0.4, 0.5) is 0 Å². The van der Waals surface area contributed by atoms with Crippen LogP contribution in [0.5, 0.6) is 11.5 Å². The van der Waals surface area contributed by atoms with E-state index in [1.807, 2.05) is 0 Å². The van der Waals surface area contributed by atoms with Crippen molar-refractivity contribution in [3.63, 3.8) is 0 Å². The summed E-state index contributed by atoms with van der Waals surface area (Å²) in [6.45, 7) is 0. The zero-order valence-electron chi connectivity index (χ0n) is 9.34. The van der Waals surface area contributed by atoms with E-state index in [-0.39, 0.29) is 5.78 Å². The molecule has 0 atom stereocenters. The van der Waals surface area contributed by atoms with Crippen molar-refractivity contribution < 1.29 is 14.3 Å². The van der Waals surface area contributed by atoms with Gasteiger partial charge in [0.15, 0.2) is 0 Å². The Morgan fingerprint density at radius 1 is 1.18 bits per heavy atom. The van der Waals surface area contributed by atoms with Crippen LogP contribution >= 0.6 is 11.5 Å². The number of ketones is 1. The van der Waals surface area contributed by atoms with E-state index in [4.69, 9.17) is 9.47 Å². The molecular formula is C11H10N2O3S. The number of nitrogens with zero attached hydrogens (tertiary/aromatic N) is 2. The number of benzene rings is 1. The largest absolute Gasteiger partial charge is 0.497 e. The van der Waals surface area contributed by atoms with Crippen molar-refractivity contribution in [1.82, 2.24) is 9.59 Å². The average molecular weight is 250 g/mol. The number of hydrogen-bond donors (Lipinski definition) is 0. The van der Waals surface area contributed by atoms with Gasteiger partial charge in [0.05, 0.1) is 14.2 Å². The summed E-state index contributed by atoms with van der Waals surface area (Å²) in [5.41, 5.74) is 0.791. The topological polar surface area (TPSA) is 61.3 Å². The first-order valence-electron chi connectivity index (χ1n) is 4.79. The molecule has 0 radical (unpaired) electrons. The van der Waals surface area contributed by atoms with Crippen molar-refractivity contribution in [3.8, 4) is 11.5 Å². The van der Waals surface area contributed by atoms with Gasteiger partial charge in [0.1, 0.15) is 17.2 Å². The minimum absolute atomic E-state index is 0.198. The average Bonchev–Trinajstić information content (AvgIpc) is 2.91. The molecule has 88 valence electrons. The molecule has 1 heterocycles. The molecule has 0 saturated heterocycles. The van der Waals surface area contributed by atoms with E-state index < -0.39 is 0 Å². The van der Waals surface area contributed by atoms with Crippen molar-refractivity contribution in [2.24, 2.45) is 0 Å². The molecule has 0 amide bonds. The first-order valence-corrected chi connectivity index (χ1v) is 5.63. The number of rotatable bonds is 4. The Kier molecular flexibility index (Phi) is 3.34. The van der Waals surface area contributed by atoms with Crippen molar-refractivity contribution in [2.75, 3.05) is 14.2 Å². The van der Waals surface area contributed by atoms with E-state index in [0.29, 0.717) is 22.8 Å². The molecular weight excluding hydrogens is 240 g/mol. The van der Waals surface area contributed by atoms with Gasteiger partial charge in [0, 0.05) is 17.0 Å². The summed E-state index contributed by atoms with van der Waals surface area (Å²) in [7, 11) is 3.07. The molecule has 0 aliphatic rings. The Balaban J connectivity index is 2.41. The number of methoxy groups -OCH3 is 2. The number of hydrogen-bond acceptors (Lipinski definition) is 6. The molecule has 1 aromatic heterocycles. The van der Waals surface area contributed by atoms with Gasteiger partial charge in [-0.25, -0.2) is 0 Å². The lowest BCUT2D eigenvalue weighted by Gasteiger charge is -2.06.